The fourth-order valence-electron chi connectivity index (χ4n) is 5.80. The molecule has 0 heterocycles. The quantitative estimate of drug-likeness (QED) is 0.318. The molecule has 4 aliphatic carbocycles. The summed E-state index contributed by atoms with van der Waals surface area (Å²) in [6.45, 7) is 3.12. The first-order chi connectivity index (χ1) is 12.6. The van der Waals surface area contributed by atoms with Crippen LogP contribution in [-0.4, -0.2) is 25.2 Å². The molecule has 0 amide bonds. The highest BCUT2D eigenvalue weighted by molar-refractivity contribution is 5.91. The molecule has 0 aromatic rings. The van der Waals surface area contributed by atoms with Crippen molar-refractivity contribution in [3.63, 3.8) is 0 Å². The van der Waals surface area contributed by atoms with Gasteiger partial charge in [-0.3, -0.25) is 0 Å². The van der Waals surface area contributed by atoms with Crippen molar-refractivity contribution in [1.82, 2.24) is 0 Å². The Hall–Kier alpha value is -1.32. The van der Waals surface area contributed by atoms with Gasteiger partial charge in [0.2, 0.25) is 0 Å². The lowest BCUT2D eigenvalue weighted by atomic mass is 9.50. The molecule has 4 nitrogen and oxygen atoms in total. The van der Waals surface area contributed by atoms with Gasteiger partial charge in [-0.05, 0) is 62.7 Å². The highest BCUT2D eigenvalue weighted by Crippen LogP contribution is 2.60. The molecule has 0 spiro atoms. The molecule has 4 fully saturated rings. The van der Waals surface area contributed by atoms with E-state index in [1.165, 1.54) is 69.9 Å². The summed E-state index contributed by atoms with van der Waals surface area (Å²) in [6, 6.07) is 0. The number of unbranched alkanes of at least 4 members (excludes halogenated alkanes) is 4. The van der Waals surface area contributed by atoms with Crippen LogP contribution in [0.1, 0.15) is 77.6 Å². The highest BCUT2D eigenvalue weighted by atomic mass is 16.5. The molecule has 4 saturated carbocycles. The number of carbonyl (C=O) groups is 2. The molecule has 0 saturated heterocycles. The Morgan fingerprint density at radius 2 is 1.38 bits per heavy atom. The van der Waals surface area contributed by atoms with Gasteiger partial charge in [-0.2, -0.15) is 0 Å². The monoisotopic (exact) mass is 362 g/mol. The predicted octanol–water partition coefficient (Wildman–Crippen LogP) is 4.82. The van der Waals surface area contributed by atoms with Gasteiger partial charge in [0.15, 0.2) is 0 Å². The first-order valence-corrected chi connectivity index (χ1v) is 10.6. The second kappa shape index (κ2) is 9.05. The van der Waals surface area contributed by atoms with Gasteiger partial charge in [0, 0.05) is 17.6 Å². The van der Waals surface area contributed by atoms with Crippen molar-refractivity contribution in [2.75, 3.05) is 13.2 Å². The SMILES string of the molecule is CCCCCCCOC(=O)/C=C/C(=O)OCC12CC3CC(CC(C3)C1)C2. The Labute approximate surface area is 157 Å². The van der Waals surface area contributed by atoms with Crippen molar-refractivity contribution in [1.29, 1.82) is 0 Å². The van der Waals surface area contributed by atoms with Gasteiger partial charge < -0.3 is 9.47 Å². The largest absolute Gasteiger partial charge is 0.463 e. The maximum absolute atomic E-state index is 12.0. The van der Waals surface area contributed by atoms with Gasteiger partial charge in [-0.25, -0.2) is 9.59 Å². The van der Waals surface area contributed by atoms with Crippen molar-refractivity contribution < 1.29 is 19.1 Å². The van der Waals surface area contributed by atoms with Crippen LogP contribution in [0.2, 0.25) is 0 Å². The van der Waals surface area contributed by atoms with Crippen molar-refractivity contribution in [2.45, 2.75) is 77.6 Å². The molecule has 0 unspecified atom stereocenters. The fraction of sp³-hybridized carbons (Fsp3) is 0.818. The zero-order chi connectivity index (χ0) is 18.4. The molecule has 0 aromatic carbocycles. The molecule has 0 aliphatic heterocycles. The van der Waals surface area contributed by atoms with E-state index in [4.69, 9.17) is 9.47 Å². The van der Waals surface area contributed by atoms with E-state index < -0.39 is 11.9 Å². The van der Waals surface area contributed by atoms with Gasteiger partial charge in [0.1, 0.15) is 0 Å². The molecule has 146 valence electrons. The zero-order valence-corrected chi connectivity index (χ0v) is 16.2. The third-order valence-corrected chi connectivity index (χ3v) is 6.53. The number of carbonyl (C=O) groups excluding carboxylic acids is 2. The number of ether oxygens (including phenoxy) is 2. The fourth-order valence-corrected chi connectivity index (χ4v) is 5.80. The topological polar surface area (TPSA) is 52.6 Å². The smallest absolute Gasteiger partial charge is 0.331 e. The summed E-state index contributed by atoms with van der Waals surface area (Å²) < 4.78 is 10.6. The van der Waals surface area contributed by atoms with E-state index in [0.29, 0.717) is 13.2 Å². The summed E-state index contributed by atoms with van der Waals surface area (Å²) in [4.78, 5) is 23.6. The zero-order valence-electron chi connectivity index (χ0n) is 16.2. The van der Waals surface area contributed by atoms with Crippen LogP contribution >= 0.6 is 0 Å². The average molecular weight is 363 g/mol. The molecule has 0 N–H and O–H groups in total. The molecular formula is C22H34O4. The lowest BCUT2D eigenvalue weighted by Gasteiger charge is -2.56. The first-order valence-electron chi connectivity index (χ1n) is 10.6. The van der Waals surface area contributed by atoms with Crippen LogP contribution in [0.5, 0.6) is 0 Å². The minimum atomic E-state index is -0.452. The maximum Gasteiger partial charge on any atom is 0.331 e. The van der Waals surface area contributed by atoms with Crippen molar-refractivity contribution in [3.05, 3.63) is 12.2 Å². The second-order valence-corrected chi connectivity index (χ2v) is 8.94. The van der Waals surface area contributed by atoms with Crippen molar-refractivity contribution in [2.24, 2.45) is 23.2 Å². The van der Waals surface area contributed by atoms with E-state index >= 15 is 0 Å². The summed E-state index contributed by atoms with van der Waals surface area (Å²) in [6.07, 6.45) is 15.8. The van der Waals surface area contributed by atoms with Crippen LogP contribution in [-0.2, 0) is 19.1 Å². The first kappa shape index (κ1) is 19.4. The van der Waals surface area contributed by atoms with Gasteiger partial charge in [-0.1, -0.05) is 32.6 Å². The van der Waals surface area contributed by atoms with E-state index in [1.54, 1.807) is 0 Å². The molecule has 26 heavy (non-hydrogen) atoms. The normalized spacial score (nSPS) is 32.1. The molecule has 4 rings (SSSR count). The molecule has 4 aliphatic rings. The minimum Gasteiger partial charge on any atom is -0.463 e. The standard InChI is InChI=1S/C22H34O4/c1-2-3-4-5-6-9-25-20(23)7-8-21(24)26-16-22-13-17-10-18(14-22)12-19(11-17)15-22/h7-8,17-19H,2-6,9-16H2,1H3/b8-7+. The molecular weight excluding hydrogens is 328 g/mol. The van der Waals surface area contributed by atoms with Crippen LogP contribution in [0.4, 0.5) is 0 Å². The van der Waals surface area contributed by atoms with E-state index in [9.17, 15) is 9.59 Å². The summed E-state index contributed by atoms with van der Waals surface area (Å²) in [7, 11) is 0. The number of hydrogen-bond acceptors (Lipinski definition) is 4. The highest BCUT2D eigenvalue weighted by Gasteiger charge is 2.51. The van der Waals surface area contributed by atoms with Crippen LogP contribution in [0.25, 0.3) is 0 Å². The lowest BCUT2D eigenvalue weighted by molar-refractivity contribution is -0.150. The molecule has 0 aromatic heterocycles. The molecule has 0 radical (unpaired) electrons. The van der Waals surface area contributed by atoms with Gasteiger partial charge in [0.05, 0.1) is 13.2 Å². The van der Waals surface area contributed by atoms with Crippen LogP contribution < -0.4 is 0 Å². The minimum absolute atomic E-state index is 0.219. The maximum atomic E-state index is 12.0. The number of hydrogen-bond donors (Lipinski definition) is 0. The van der Waals surface area contributed by atoms with E-state index in [1.807, 2.05) is 0 Å². The molecule has 4 heteroatoms. The van der Waals surface area contributed by atoms with Crippen LogP contribution in [0.3, 0.4) is 0 Å². The van der Waals surface area contributed by atoms with E-state index in [2.05, 4.69) is 6.92 Å². The Morgan fingerprint density at radius 3 is 1.96 bits per heavy atom. The third-order valence-electron chi connectivity index (χ3n) is 6.53. The number of esters is 2. The van der Waals surface area contributed by atoms with Gasteiger partial charge >= 0.3 is 11.9 Å². The van der Waals surface area contributed by atoms with Crippen LogP contribution in [0.15, 0.2) is 12.2 Å². The third kappa shape index (κ3) is 5.34. The van der Waals surface area contributed by atoms with Gasteiger partial charge in [-0.15, -0.1) is 0 Å². The Bertz CT molecular complexity index is 487. The Morgan fingerprint density at radius 1 is 0.846 bits per heavy atom. The second-order valence-electron chi connectivity index (χ2n) is 8.94. The number of rotatable bonds is 10. The van der Waals surface area contributed by atoms with Crippen LogP contribution in [0, 0.1) is 23.2 Å². The Balaban J connectivity index is 1.32. The summed E-state index contributed by atoms with van der Waals surface area (Å²) >= 11 is 0. The van der Waals surface area contributed by atoms with E-state index in [-0.39, 0.29) is 5.41 Å². The van der Waals surface area contributed by atoms with Gasteiger partial charge in [0.25, 0.3) is 0 Å². The summed E-state index contributed by atoms with van der Waals surface area (Å²) in [5.41, 5.74) is 0.219. The van der Waals surface area contributed by atoms with Crippen molar-refractivity contribution in [3.8, 4) is 0 Å². The van der Waals surface area contributed by atoms with Crippen molar-refractivity contribution >= 4 is 11.9 Å². The summed E-state index contributed by atoms with van der Waals surface area (Å²) in [5, 5.41) is 0. The predicted molar refractivity (Wildman–Crippen MR) is 100 cm³/mol. The Kier molecular flexibility index (Phi) is 6.77. The molecule has 4 bridgehead atoms. The lowest BCUT2D eigenvalue weighted by Crippen LogP contribution is -2.48. The summed E-state index contributed by atoms with van der Waals surface area (Å²) in [5.74, 6) is 1.68. The average Bonchev–Trinajstić information content (AvgIpc) is 2.60. The van der Waals surface area contributed by atoms with E-state index in [0.717, 1.165) is 30.6 Å². The molecule has 0 atom stereocenters.